The Kier molecular flexibility index (Phi) is 6.78. The summed E-state index contributed by atoms with van der Waals surface area (Å²) in [6.07, 6.45) is 1.30. The van der Waals surface area contributed by atoms with Crippen LogP contribution in [0.15, 0.2) is 60.7 Å². The summed E-state index contributed by atoms with van der Waals surface area (Å²) in [5.74, 6) is 0.786. The number of benzene rings is 3. The van der Waals surface area contributed by atoms with E-state index in [1.165, 1.54) is 7.11 Å². The molecule has 5 nitrogen and oxygen atoms in total. The Labute approximate surface area is 233 Å². The Bertz CT molecular complexity index is 1610. The van der Waals surface area contributed by atoms with E-state index in [2.05, 4.69) is 26.0 Å². The van der Waals surface area contributed by atoms with Gasteiger partial charge in [0.15, 0.2) is 0 Å². The first kappa shape index (κ1) is 26.1. The van der Waals surface area contributed by atoms with Crippen molar-refractivity contribution in [3.05, 3.63) is 100.0 Å². The van der Waals surface area contributed by atoms with Gasteiger partial charge in [-0.2, -0.15) is 0 Å². The number of ether oxygens (including phenoxy) is 3. The van der Waals surface area contributed by atoms with Crippen molar-refractivity contribution in [1.82, 2.24) is 4.98 Å². The van der Waals surface area contributed by atoms with Crippen LogP contribution in [0.1, 0.15) is 58.4 Å². The predicted octanol–water partition coefficient (Wildman–Crippen LogP) is 7.59. The van der Waals surface area contributed by atoms with Crippen LogP contribution in [0.4, 0.5) is 4.39 Å². The summed E-state index contributed by atoms with van der Waals surface area (Å²) in [4.78, 5) is 16.4. The fraction of sp³-hybridized carbons (Fsp3) is 0.294. The van der Waals surface area contributed by atoms with E-state index >= 15 is 4.39 Å². The minimum atomic E-state index is -0.392. The zero-order chi connectivity index (χ0) is 28.0. The molecular formula is C34H32FNO4. The number of rotatable bonds is 6. The summed E-state index contributed by atoms with van der Waals surface area (Å²) in [5, 5.41) is 0. The third-order valence-corrected chi connectivity index (χ3v) is 8.05. The smallest absolute Gasteiger partial charge is 0.306 e. The minimum absolute atomic E-state index is 0.0386. The summed E-state index contributed by atoms with van der Waals surface area (Å²) >= 11 is 0. The van der Waals surface area contributed by atoms with Crippen LogP contribution in [0.25, 0.3) is 22.4 Å². The summed E-state index contributed by atoms with van der Waals surface area (Å²) < 4.78 is 32.4. The maximum absolute atomic E-state index is 15.3. The van der Waals surface area contributed by atoms with Gasteiger partial charge in [0, 0.05) is 34.4 Å². The summed E-state index contributed by atoms with van der Waals surface area (Å²) in [5.41, 5.74) is 10.1. The second-order valence-electron chi connectivity index (χ2n) is 10.8. The number of hydrogen-bond acceptors (Lipinski definition) is 5. The van der Waals surface area contributed by atoms with Crippen LogP contribution in [0.5, 0.6) is 11.5 Å². The molecule has 4 aromatic rings. The van der Waals surface area contributed by atoms with Gasteiger partial charge in [-0.05, 0) is 97.8 Å². The molecule has 1 aromatic heterocycles. The summed E-state index contributed by atoms with van der Waals surface area (Å²) in [6.45, 7) is 6.64. The van der Waals surface area contributed by atoms with E-state index in [1.807, 2.05) is 49.4 Å². The number of pyridine rings is 1. The maximum Gasteiger partial charge on any atom is 0.306 e. The SMILES string of the molecule is COC(=O)CC1COc2cc(OC3CCc4c(-c5c(C)cc(-c6cccc(C)n6)cc5C)ccc(F)c43)ccc21. The van der Waals surface area contributed by atoms with Gasteiger partial charge in [-0.25, -0.2) is 4.39 Å². The van der Waals surface area contributed by atoms with Gasteiger partial charge in [-0.1, -0.05) is 18.2 Å². The van der Waals surface area contributed by atoms with E-state index in [0.717, 1.165) is 56.8 Å². The average Bonchev–Trinajstić information content (AvgIpc) is 3.54. The van der Waals surface area contributed by atoms with Gasteiger partial charge in [0.05, 0.1) is 25.8 Å². The summed E-state index contributed by atoms with van der Waals surface area (Å²) in [6, 6.07) is 19.5. The average molecular weight is 538 g/mol. The van der Waals surface area contributed by atoms with Gasteiger partial charge < -0.3 is 14.2 Å². The largest absolute Gasteiger partial charge is 0.492 e. The molecule has 0 bridgehead atoms. The molecule has 0 saturated carbocycles. The van der Waals surface area contributed by atoms with Gasteiger partial charge in [-0.3, -0.25) is 9.78 Å². The Morgan fingerprint density at radius 3 is 2.60 bits per heavy atom. The molecule has 6 heteroatoms. The zero-order valence-corrected chi connectivity index (χ0v) is 23.2. The number of nitrogens with zero attached hydrogens (tertiary/aromatic N) is 1. The Morgan fingerprint density at radius 2 is 1.85 bits per heavy atom. The molecule has 0 spiro atoms. The van der Waals surface area contributed by atoms with Crippen LogP contribution >= 0.6 is 0 Å². The lowest BCUT2D eigenvalue weighted by molar-refractivity contribution is -0.141. The van der Waals surface area contributed by atoms with Gasteiger partial charge in [0.1, 0.15) is 23.4 Å². The number of esters is 1. The van der Waals surface area contributed by atoms with E-state index in [-0.39, 0.29) is 24.1 Å². The molecule has 3 aromatic carbocycles. The van der Waals surface area contributed by atoms with Crippen LogP contribution in [0.2, 0.25) is 0 Å². The minimum Gasteiger partial charge on any atom is -0.492 e. The molecule has 40 heavy (non-hydrogen) atoms. The number of carbonyl (C=O) groups is 1. The number of methoxy groups -OCH3 is 1. The van der Waals surface area contributed by atoms with Gasteiger partial charge in [0.25, 0.3) is 0 Å². The number of fused-ring (bicyclic) bond motifs is 2. The highest BCUT2D eigenvalue weighted by molar-refractivity contribution is 5.79. The lowest BCUT2D eigenvalue weighted by atomic mass is 9.88. The first-order valence-electron chi connectivity index (χ1n) is 13.7. The molecule has 2 atom stereocenters. The van der Waals surface area contributed by atoms with Gasteiger partial charge >= 0.3 is 5.97 Å². The lowest BCUT2D eigenvalue weighted by Crippen LogP contribution is -2.09. The molecule has 1 aliphatic carbocycles. The third-order valence-electron chi connectivity index (χ3n) is 8.05. The molecule has 0 amide bonds. The van der Waals surface area contributed by atoms with Gasteiger partial charge in [-0.15, -0.1) is 0 Å². The quantitative estimate of drug-likeness (QED) is 0.237. The summed E-state index contributed by atoms with van der Waals surface area (Å²) in [7, 11) is 1.39. The second kappa shape index (κ2) is 10.4. The molecule has 1 aliphatic heterocycles. The number of halogens is 1. The van der Waals surface area contributed by atoms with E-state index in [9.17, 15) is 4.79 Å². The molecule has 6 rings (SSSR count). The number of aromatic nitrogens is 1. The molecule has 0 saturated heterocycles. The first-order valence-corrected chi connectivity index (χ1v) is 13.7. The van der Waals surface area contributed by atoms with Crippen molar-refractivity contribution >= 4 is 5.97 Å². The maximum atomic E-state index is 15.3. The molecule has 2 unspecified atom stereocenters. The van der Waals surface area contributed by atoms with Crippen molar-refractivity contribution in [2.45, 2.75) is 52.1 Å². The van der Waals surface area contributed by atoms with E-state index < -0.39 is 6.10 Å². The monoisotopic (exact) mass is 537 g/mol. The highest BCUT2D eigenvalue weighted by atomic mass is 19.1. The predicted molar refractivity (Wildman–Crippen MR) is 152 cm³/mol. The fourth-order valence-electron chi connectivity index (χ4n) is 6.21. The first-order chi connectivity index (χ1) is 19.3. The Morgan fingerprint density at radius 1 is 1.05 bits per heavy atom. The zero-order valence-electron chi connectivity index (χ0n) is 23.2. The van der Waals surface area contributed by atoms with Crippen LogP contribution in [-0.2, 0) is 16.0 Å². The highest BCUT2D eigenvalue weighted by Gasteiger charge is 2.32. The molecule has 2 aliphatic rings. The normalized spacial score (nSPS) is 17.2. The number of aryl methyl sites for hydroxylation is 3. The standard InChI is InChI=1S/C34H32FNO4/c1-19-14-22(29-7-5-6-21(3)36-29)15-20(2)33(19)26-10-12-28(35)34-27(26)11-13-30(34)40-24-8-9-25-23(16-32(37)38-4)18-39-31(25)17-24/h5-10,12,14-15,17,23,30H,11,13,16,18H2,1-4H3. The third kappa shape index (κ3) is 4.72. The van der Waals surface area contributed by atoms with E-state index in [1.54, 1.807) is 6.07 Å². The molecule has 0 radical (unpaired) electrons. The molecule has 2 heterocycles. The molecular weight excluding hydrogens is 505 g/mol. The van der Waals surface area contributed by atoms with Crippen molar-refractivity contribution < 1.29 is 23.4 Å². The second-order valence-corrected chi connectivity index (χ2v) is 10.8. The highest BCUT2D eigenvalue weighted by Crippen LogP contribution is 2.45. The van der Waals surface area contributed by atoms with E-state index in [4.69, 9.17) is 19.2 Å². The Hall–Kier alpha value is -4.19. The van der Waals surface area contributed by atoms with Crippen LogP contribution in [0, 0.1) is 26.6 Å². The van der Waals surface area contributed by atoms with Crippen molar-refractivity contribution in [3.63, 3.8) is 0 Å². The Balaban J connectivity index is 1.29. The van der Waals surface area contributed by atoms with E-state index in [0.29, 0.717) is 30.1 Å². The van der Waals surface area contributed by atoms with Crippen molar-refractivity contribution in [1.29, 1.82) is 0 Å². The molecule has 0 fully saturated rings. The van der Waals surface area contributed by atoms with Crippen LogP contribution in [-0.4, -0.2) is 24.7 Å². The molecule has 0 N–H and O–H groups in total. The topological polar surface area (TPSA) is 57.7 Å². The molecule has 204 valence electrons. The van der Waals surface area contributed by atoms with Crippen LogP contribution in [0.3, 0.4) is 0 Å². The lowest BCUT2D eigenvalue weighted by Gasteiger charge is -2.19. The van der Waals surface area contributed by atoms with Crippen LogP contribution < -0.4 is 9.47 Å². The van der Waals surface area contributed by atoms with Crippen molar-refractivity contribution in [2.24, 2.45) is 0 Å². The fourth-order valence-corrected chi connectivity index (χ4v) is 6.21. The number of carbonyl (C=O) groups excluding carboxylic acids is 1. The van der Waals surface area contributed by atoms with Crippen molar-refractivity contribution in [2.75, 3.05) is 13.7 Å². The number of hydrogen-bond donors (Lipinski definition) is 0. The van der Waals surface area contributed by atoms with Crippen molar-refractivity contribution in [3.8, 4) is 33.9 Å². The van der Waals surface area contributed by atoms with Gasteiger partial charge in [0.2, 0.25) is 0 Å².